The molecule has 0 unspecified atom stereocenters. The molecule has 2 aromatic rings. The Hall–Kier alpha value is -2.95. The van der Waals surface area contributed by atoms with Crippen molar-refractivity contribution < 1.29 is 14.4 Å². The average Bonchev–Trinajstić information content (AvgIpc) is 2.60. The minimum atomic E-state index is -0.531. The van der Waals surface area contributed by atoms with E-state index >= 15 is 0 Å². The zero-order valence-electron chi connectivity index (χ0n) is 13.2. The fourth-order valence-electron chi connectivity index (χ4n) is 2.71. The van der Waals surface area contributed by atoms with Gasteiger partial charge < -0.3 is 0 Å². The van der Waals surface area contributed by atoms with Crippen LogP contribution in [0.2, 0.25) is 0 Å². The molecular weight excluding hydrogens is 304 g/mol. The Morgan fingerprint density at radius 3 is 1.88 bits per heavy atom. The van der Waals surface area contributed by atoms with Crippen LogP contribution in [0.3, 0.4) is 0 Å². The van der Waals surface area contributed by atoms with Crippen molar-refractivity contribution in [1.29, 1.82) is 0 Å². The number of barbiturate groups is 1. The molecule has 5 heteroatoms. The molecule has 0 bridgehead atoms. The number of urea groups is 1. The van der Waals surface area contributed by atoms with Crippen LogP contribution in [0.1, 0.15) is 17.5 Å². The second kappa shape index (κ2) is 7.08. The van der Waals surface area contributed by atoms with E-state index in [0.29, 0.717) is 6.42 Å². The van der Waals surface area contributed by atoms with E-state index in [1.54, 1.807) is 0 Å². The van der Waals surface area contributed by atoms with Crippen LogP contribution >= 0.6 is 0 Å². The molecule has 0 aliphatic carbocycles. The fraction of sp³-hybridized carbons (Fsp3) is 0.211. The second-order valence-electron chi connectivity index (χ2n) is 5.71. The first kappa shape index (κ1) is 15.9. The fourth-order valence-corrected chi connectivity index (χ4v) is 2.71. The quantitative estimate of drug-likeness (QED) is 0.795. The van der Waals surface area contributed by atoms with Crippen LogP contribution in [0.5, 0.6) is 0 Å². The number of carbonyl (C=O) groups is 3. The van der Waals surface area contributed by atoms with Crippen molar-refractivity contribution in [3.05, 3.63) is 71.8 Å². The Balaban J connectivity index is 1.71. The predicted octanol–water partition coefficient (Wildman–Crippen LogP) is 2.61. The van der Waals surface area contributed by atoms with E-state index in [0.717, 1.165) is 16.0 Å². The molecule has 4 amide bonds. The summed E-state index contributed by atoms with van der Waals surface area (Å²) < 4.78 is 0. The molecule has 2 aromatic carbocycles. The summed E-state index contributed by atoms with van der Waals surface area (Å²) in [6.45, 7) is 0.466. The lowest BCUT2D eigenvalue weighted by Gasteiger charge is -2.32. The lowest BCUT2D eigenvalue weighted by Crippen LogP contribution is -2.55. The first-order valence-electron chi connectivity index (χ1n) is 7.87. The lowest BCUT2D eigenvalue weighted by molar-refractivity contribution is -0.142. The maximum atomic E-state index is 12.6. The van der Waals surface area contributed by atoms with E-state index in [2.05, 4.69) is 0 Å². The van der Waals surface area contributed by atoms with Gasteiger partial charge in [-0.15, -0.1) is 0 Å². The van der Waals surface area contributed by atoms with E-state index in [1.165, 1.54) is 4.90 Å². The number of benzene rings is 2. The zero-order chi connectivity index (χ0) is 16.9. The van der Waals surface area contributed by atoms with Crippen molar-refractivity contribution >= 4 is 17.8 Å². The Bertz CT molecular complexity index is 744. The SMILES string of the molecule is O=C1CC(=O)N(Cc2ccccc2)C(=O)N1CCc1ccccc1. The summed E-state index contributed by atoms with van der Waals surface area (Å²) >= 11 is 0. The molecule has 0 saturated carbocycles. The number of carbonyl (C=O) groups excluding carboxylic acids is 3. The van der Waals surface area contributed by atoms with Gasteiger partial charge in [0, 0.05) is 6.54 Å². The molecule has 0 atom stereocenters. The summed E-state index contributed by atoms with van der Waals surface area (Å²) in [4.78, 5) is 39.1. The summed E-state index contributed by atoms with van der Waals surface area (Å²) in [5, 5.41) is 0. The predicted molar refractivity (Wildman–Crippen MR) is 88.9 cm³/mol. The topological polar surface area (TPSA) is 57.7 Å². The van der Waals surface area contributed by atoms with E-state index in [9.17, 15) is 14.4 Å². The third kappa shape index (κ3) is 3.51. The molecule has 1 aliphatic rings. The van der Waals surface area contributed by atoms with E-state index in [4.69, 9.17) is 0 Å². The normalized spacial score (nSPS) is 15.1. The Morgan fingerprint density at radius 2 is 1.25 bits per heavy atom. The number of rotatable bonds is 5. The van der Waals surface area contributed by atoms with Crippen molar-refractivity contribution in [2.75, 3.05) is 6.54 Å². The minimum Gasteiger partial charge on any atom is -0.274 e. The molecule has 0 radical (unpaired) electrons. The van der Waals surface area contributed by atoms with Gasteiger partial charge in [0.1, 0.15) is 6.42 Å². The van der Waals surface area contributed by atoms with E-state index in [1.807, 2.05) is 60.7 Å². The summed E-state index contributed by atoms with van der Waals surface area (Å²) in [6.07, 6.45) is 0.319. The second-order valence-corrected chi connectivity index (χ2v) is 5.71. The number of hydrogen-bond donors (Lipinski definition) is 0. The Kier molecular flexibility index (Phi) is 4.70. The summed E-state index contributed by atoms with van der Waals surface area (Å²) in [6, 6.07) is 18.4. The van der Waals surface area contributed by atoms with Crippen molar-refractivity contribution in [2.24, 2.45) is 0 Å². The van der Waals surface area contributed by atoms with Crippen LogP contribution in [0, 0.1) is 0 Å². The Morgan fingerprint density at radius 1 is 0.708 bits per heavy atom. The van der Waals surface area contributed by atoms with Gasteiger partial charge in [-0.25, -0.2) is 4.79 Å². The number of amides is 4. The summed E-state index contributed by atoms with van der Waals surface area (Å²) in [5.74, 6) is -0.866. The van der Waals surface area contributed by atoms with Crippen LogP contribution in [0.15, 0.2) is 60.7 Å². The molecule has 0 aromatic heterocycles. The molecule has 122 valence electrons. The molecule has 1 saturated heterocycles. The van der Waals surface area contributed by atoms with Gasteiger partial charge in [0.25, 0.3) is 0 Å². The van der Waals surface area contributed by atoms with E-state index in [-0.39, 0.29) is 19.5 Å². The highest BCUT2D eigenvalue weighted by atomic mass is 16.2. The third-order valence-electron chi connectivity index (χ3n) is 4.02. The molecule has 1 heterocycles. The monoisotopic (exact) mass is 322 g/mol. The van der Waals surface area contributed by atoms with Gasteiger partial charge in [0.2, 0.25) is 11.8 Å². The molecule has 1 aliphatic heterocycles. The molecule has 3 rings (SSSR count). The first-order valence-corrected chi connectivity index (χ1v) is 7.87. The van der Waals surface area contributed by atoms with Crippen LogP contribution < -0.4 is 0 Å². The van der Waals surface area contributed by atoms with Gasteiger partial charge in [0.15, 0.2) is 0 Å². The minimum absolute atomic E-state index is 0.188. The molecule has 0 N–H and O–H groups in total. The van der Waals surface area contributed by atoms with Gasteiger partial charge in [-0.1, -0.05) is 60.7 Å². The van der Waals surface area contributed by atoms with E-state index < -0.39 is 17.8 Å². The van der Waals surface area contributed by atoms with Gasteiger partial charge in [-0.2, -0.15) is 0 Å². The van der Waals surface area contributed by atoms with Gasteiger partial charge in [-0.3, -0.25) is 19.4 Å². The number of nitrogens with zero attached hydrogens (tertiary/aromatic N) is 2. The molecule has 5 nitrogen and oxygen atoms in total. The van der Waals surface area contributed by atoms with Crippen molar-refractivity contribution in [1.82, 2.24) is 9.80 Å². The van der Waals surface area contributed by atoms with Crippen LogP contribution in [-0.2, 0) is 22.6 Å². The van der Waals surface area contributed by atoms with Gasteiger partial charge in [-0.05, 0) is 17.5 Å². The zero-order valence-corrected chi connectivity index (χ0v) is 13.2. The molecule has 0 spiro atoms. The smallest absolute Gasteiger partial charge is 0.274 e. The number of hydrogen-bond acceptors (Lipinski definition) is 3. The van der Waals surface area contributed by atoms with Gasteiger partial charge >= 0.3 is 6.03 Å². The van der Waals surface area contributed by atoms with Crippen molar-refractivity contribution in [2.45, 2.75) is 19.4 Å². The van der Waals surface area contributed by atoms with Crippen LogP contribution in [0.4, 0.5) is 4.79 Å². The standard InChI is InChI=1S/C19H18N2O3/c22-17-13-18(23)21(14-16-9-5-2-6-10-16)19(24)20(17)12-11-15-7-3-1-4-8-15/h1-10H,11-14H2. The number of imide groups is 2. The highest BCUT2D eigenvalue weighted by molar-refractivity contribution is 6.14. The molecule has 1 fully saturated rings. The van der Waals surface area contributed by atoms with Gasteiger partial charge in [0.05, 0.1) is 6.54 Å². The maximum Gasteiger partial charge on any atom is 0.333 e. The largest absolute Gasteiger partial charge is 0.333 e. The van der Waals surface area contributed by atoms with Crippen LogP contribution in [0.25, 0.3) is 0 Å². The van der Waals surface area contributed by atoms with Crippen molar-refractivity contribution in [3.8, 4) is 0 Å². The average molecular weight is 322 g/mol. The third-order valence-corrected chi connectivity index (χ3v) is 4.02. The molecule has 24 heavy (non-hydrogen) atoms. The Labute approximate surface area is 140 Å². The summed E-state index contributed by atoms with van der Waals surface area (Å²) in [5.41, 5.74) is 1.90. The molecular formula is C19H18N2O3. The van der Waals surface area contributed by atoms with Crippen molar-refractivity contribution in [3.63, 3.8) is 0 Å². The van der Waals surface area contributed by atoms with Crippen LogP contribution in [-0.4, -0.2) is 34.2 Å². The summed E-state index contributed by atoms with van der Waals surface area (Å²) in [7, 11) is 0. The highest BCUT2D eigenvalue weighted by Crippen LogP contribution is 2.16. The maximum absolute atomic E-state index is 12.6. The first-order chi connectivity index (χ1) is 11.6. The lowest BCUT2D eigenvalue weighted by atomic mass is 10.1. The highest BCUT2D eigenvalue weighted by Gasteiger charge is 2.37.